The first kappa shape index (κ1) is 17.0. The highest BCUT2D eigenvalue weighted by molar-refractivity contribution is 6.43. The van der Waals surface area contributed by atoms with E-state index in [1.165, 1.54) is 36.4 Å². The Kier molecular flexibility index (Phi) is 4.84. The molecule has 2 rings (SSSR count). The number of halogens is 3. The second kappa shape index (κ2) is 6.83. The molecule has 0 saturated heterocycles. The van der Waals surface area contributed by atoms with Crippen molar-refractivity contribution in [2.24, 2.45) is 0 Å². The summed E-state index contributed by atoms with van der Waals surface area (Å²) in [5.74, 6) is -2.37. The summed E-state index contributed by atoms with van der Waals surface area (Å²) < 4.78 is 38.5. The Morgan fingerprint density at radius 3 is 2.08 bits per heavy atom. The number of nitrogens with zero attached hydrogens (tertiary/aromatic N) is 1. The third-order valence-corrected chi connectivity index (χ3v) is 2.96. The molecule has 0 aromatic heterocycles. The summed E-state index contributed by atoms with van der Waals surface area (Å²) in [6.07, 6.45) is -4.66. The van der Waals surface area contributed by atoms with Gasteiger partial charge in [0.15, 0.2) is 0 Å². The quantitative estimate of drug-likeness (QED) is 0.828. The van der Waals surface area contributed by atoms with Crippen LogP contribution in [0.2, 0.25) is 0 Å². The number of carbonyl (C=O) groups is 2. The molecule has 8 heteroatoms. The van der Waals surface area contributed by atoms with Crippen LogP contribution in [0.25, 0.3) is 0 Å². The molecule has 0 fully saturated rings. The summed E-state index contributed by atoms with van der Waals surface area (Å²) in [4.78, 5) is 23.5. The monoisotopic (exact) mass is 333 g/mol. The van der Waals surface area contributed by atoms with Gasteiger partial charge >= 0.3 is 18.0 Å². The lowest BCUT2D eigenvalue weighted by Crippen LogP contribution is -2.30. The lowest BCUT2D eigenvalue weighted by Gasteiger charge is -2.13. The standard InChI is InChI=1S/C16H10F3N3O2/c17-16(18,19)12-3-1-2-4-13(12)22-15(24)14(23)21-11-7-5-10(9-20)6-8-11/h1-8H,(H,21,23)(H,22,24). The van der Waals surface area contributed by atoms with Crippen LogP contribution < -0.4 is 10.6 Å². The first-order valence-electron chi connectivity index (χ1n) is 6.60. The van der Waals surface area contributed by atoms with E-state index in [0.717, 1.165) is 12.1 Å². The summed E-state index contributed by atoms with van der Waals surface area (Å²) >= 11 is 0. The van der Waals surface area contributed by atoms with Crippen LogP contribution in [0.5, 0.6) is 0 Å². The van der Waals surface area contributed by atoms with Crippen molar-refractivity contribution in [3.8, 4) is 6.07 Å². The van der Waals surface area contributed by atoms with Gasteiger partial charge in [-0.25, -0.2) is 0 Å². The Hall–Kier alpha value is -3.34. The van der Waals surface area contributed by atoms with Crippen molar-refractivity contribution < 1.29 is 22.8 Å². The van der Waals surface area contributed by atoms with Gasteiger partial charge in [-0.1, -0.05) is 12.1 Å². The number of amides is 2. The Morgan fingerprint density at radius 1 is 0.917 bits per heavy atom. The molecule has 0 spiro atoms. The predicted molar refractivity (Wildman–Crippen MR) is 79.9 cm³/mol. The van der Waals surface area contributed by atoms with Gasteiger partial charge in [-0.05, 0) is 36.4 Å². The second-order valence-electron chi connectivity index (χ2n) is 4.64. The van der Waals surface area contributed by atoms with Gasteiger partial charge in [-0.2, -0.15) is 18.4 Å². The van der Waals surface area contributed by atoms with Gasteiger partial charge < -0.3 is 10.6 Å². The summed E-state index contributed by atoms with van der Waals surface area (Å²) in [7, 11) is 0. The van der Waals surface area contributed by atoms with Crippen molar-refractivity contribution in [2.75, 3.05) is 10.6 Å². The zero-order valence-electron chi connectivity index (χ0n) is 12.0. The minimum atomic E-state index is -4.66. The summed E-state index contributed by atoms with van der Waals surface area (Å²) in [5, 5.41) is 12.8. The van der Waals surface area contributed by atoms with Gasteiger partial charge in [0.25, 0.3) is 0 Å². The number of hydrogen-bond donors (Lipinski definition) is 2. The third kappa shape index (κ3) is 4.10. The first-order valence-corrected chi connectivity index (χ1v) is 6.60. The Bertz CT molecular complexity index is 809. The third-order valence-electron chi connectivity index (χ3n) is 2.96. The highest BCUT2D eigenvalue weighted by Gasteiger charge is 2.34. The van der Waals surface area contributed by atoms with Gasteiger partial charge in [0, 0.05) is 5.69 Å². The molecule has 0 aliphatic rings. The van der Waals surface area contributed by atoms with Crippen molar-refractivity contribution in [3.63, 3.8) is 0 Å². The van der Waals surface area contributed by atoms with Gasteiger partial charge in [0.05, 0.1) is 22.9 Å². The maximum Gasteiger partial charge on any atom is 0.418 e. The number of nitrogens with one attached hydrogen (secondary N) is 2. The fraction of sp³-hybridized carbons (Fsp3) is 0.0625. The molecule has 0 saturated carbocycles. The number of benzene rings is 2. The van der Waals surface area contributed by atoms with Crippen LogP contribution in [0.15, 0.2) is 48.5 Å². The SMILES string of the molecule is N#Cc1ccc(NC(=O)C(=O)Nc2ccccc2C(F)(F)F)cc1. The van der Waals surface area contributed by atoms with Crippen molar-refractivity contribution >= 4 is 23.2 Å². The Morgan fingerprint density at radius 2 is 1.50 bits per heavy atom. The molecule has 122 valence electrons. The van der Waals surface area contributed by atoms with Gasteiger partial charge in [0.2, 0.25) is 0 Å². The summed E-state index contributed by atoms with van der Waals surface area (Å²) in [5.41, 5.74) is -0.968. The molecule has 0 radical (unpaired) electrons. The van der Waals surface area contributed by atoms with Crippen LogP contribution in [0.1, 0.15) is 11.1 Å². The van der Waals surface area contributed by atoms with E-state index in [1.807, 2.05) is 11.4 Å². The van der Waals surface area contributed by atoms with Crippen LogP contribution in [0, 0.1) is 11.3 Å². The predicted octanol–water partition coefficient (Wildman–Crippen LogP) is 3.15. The van der Waals surface area contributed by atoms with Crippen LogP contribution in [-0.2, 0) is 15.8 Å². The zero-order chi connectivity index (χ0) is 17.7. The minimum Gasteiger partial charge on any atom is -0.318 e. The number of carbonyl (C=O) groups excluding carboxylic acids is 2. The molecule has 0 aliphatic carbocycles. The van der Waals surface area contributed by atoms with E-state index in [0.29, 0.717) is 5.56 Å². The van der Waals surface area contributed by atoms with E-state index >= 15 is 0 Å². The molecule has 0 aliphatic heterocycles. The number of para-hydroxylation sites is 1. The van der Waals surface area contributed by atoms with Crippen molar-refractivity contribution in [1.82, 2.24) is 0 Å². The molecule has 0 unspecified atom stereocenters. The average molecular weight is 333 g/mol. The lowest BCUT2D eigenvalue weighted by atomic mass is 10.1. The molecule has 5 nitrogen and oxygen atoms in total. The number of anilines is 2. The molecule has 2 aromatic rings. The maximum absolute atomic E-state index is 12.8. The number of alkyl halides is 3. The minimum absolute atomic E-state index is 0.234. The fourth-order valence-corrected chi connectivity index (χ4v) is 1.83. The second-order valence-corrected chi connectivity index (χ2v) is 4.64. The summed E-state index contributed by atoms with van der Waals surface area (Å²) in [6, 6.07) is 11.9. The van der Waals surface area contributed by atoms with Crippen LogP contribution >= 0.6 is 0 Å². The van der Waals surface area contributed by atoms with Crippen LogP contribution in [0.3, 0.4) is 0 Å². The first-order chi connectivity index (χ1) is 11.3. The topological polar surface area (TPSA) is 82.0 Å². The molecule has 0 bridgehead atoms. The van der Waals surface area contributed by atoms with E-state index in [1.54, 1.807) is 0 Å². The van der Waals surface area contributed by atoms with E-state index in [-0.39, 0.29) is 5.69 Å². The molecule has 0 atom stereocenters. The van der Waals surface area contributed by atoms with E-state index in [2.05, 4.69) is 5.32 Å². The average Bonchev–Trinajstić information content (AvgIpc) is 2.55. The van der Waals surface area contributed by atoms with Gasteiger partial charge in [0.1, 0.15) is 0 Å². The highest BCUT2D eigenvalue weighted by Crippen LogP contribution is 2.34. The summed E-state index contributed by atoms with van der Waals surface area (Å²) in [6.45, 7) is 0. The van der Waals surface area contributed by atoms with E-state index < -0.39 is 29.2 Å². The molecule has 2 amide bonds. The molecule has 0 heterocycles. The normalized spacial score (nSPS) is 10.6. The number of hydrogen-bond acceptors (Lipinski definition) is 3. The van der Waals surface area contributed by atoms with Crippen molar-refractivity contribution in [1.29, 1.82) is 5.26 Å². The number of nitriles is 1. The molecular weight excluding hydrogens is 323 g/mol. The molecule has 2 N–H and O–H groups in total. The van der Waals surface area contributed by atoms with Gasteiger partial charge in [-0.15, -0.1) is 0 Å². The zero-order valence-corrected chi connectivity index (χ0v) is 12.0. The van der Waals surface area contributed by atoms with E-state index in [4.69, 9.17) is 5.26 Å². The van der Waals surface area contributed by atoms with Gasteiger partial charge in [-0.3, -0.25) is 9.59 Å². The van der Waals surface area contributed by atoms with Crippen molar-refractivity contribution in [3.05, 3.63) is 59.7 Å². The largest absolute Gasteiger partial charge is 0.418 e. The van der Waals surface area contributed by atoms with E-state index in [9.17, 15) is 22.8 Å². The fourth-order valence-electron chi connectivity index (χ4n) is 1.83. The molecule has 24 heavy (non-hydrogen) atoms. The Balaban J connectivity index is 2.10. The molecular formula is C16H10F3N3O2. The van der Waals surface area contributed by atoms with Crippen LogP contribution in [-0.4, -0.2) is 11.8 Å². The van der Waals surface area contributed by atoms with Crippen LogP contribution in [0.4, 0.5) is 24.5 Å². The van der Waals surface area contributed by atoms with Crippen molar-refractivity contribution in [2.45, 2.75) is 6.18 Å². The maximum atomic E-state index is 12.8. The highest BCUT2D eigenvalue weighted by atomic mass is 19.4. The smallest absolute Gasteiger partial charge is 0.318 e. The lowest BCUT2D eigenvalue weighted by molar-refractivity contribution is -0.137. The number of rotatable bonds is 2. The Labute approximate surface area is 134 Å². The molecule has 2 aromatic carbocycles.